The van der Waals surface area contributed by atoms with Crippen LogP contribution in [0.15, 0.2) is 0 Å². The highest BCUT2D eigenvalue weighted by molar-refractivity contribution is 5.97. The summed E-state index contributed by atoms with van der Waals surface area (Å²) in [5.41, 5.74) is -0.238. The van der Waals surface area contributed by atoms with Crippen molar-refractivity contribution in [2.75, 3.05) is 7.05 Å². The number of nitrogens with zero attached hydrogens (tertiary/aromatic N) is 1. The maximum absolute atomic E-state index is 12.1. The van der Waals surface area contributed by atoms with Crippen molar-refractivity contribution in [3.8, 4) is 0 Å². The number of hydrogen-bond donors (Lipinski definition) is 1. The van der Waals surface area contributed by atoms with E-state index in [-0.39, 0.29) is 23.3 Å². The van der Waals surface area contributed by atoms with E-state index in [1.54, 1.807) is 11.9 Å². The fourth-order valence-corrected chi connectivity index (χ4v) is 2.02. The van der Waals surface area contributed by atoms with E-state index in [1.807, 2.05) is 27.7 Å². The molecule has 0 radical (unpaired) electrons. The first-order valence-corrected chi connectivity index (χ1v) is 5.86. The SMILES string of the molecule is CCCC1C(=O)NC(C(C)(C)C)C(=O)N1C. The standard InChI is InChI=1S/C12H22N2O2/c1-6-7-8-10(15)13-9(12(2,3)4)11(16)14(8)5/h8-9H,6-7H2,1-5H3,(H,13,15). The van der Waals surface area contributed by atoms with E-state index < -0.39 is 6.04 Å². The molecule has 1 saturated heterocycles. The minimum atomic E-state index is -0.405. The highest BCUT2D eigenvalue weighted by atomic mass is 16.2. The van der Waals surface area contributed by atoms with Crippen LogP contribution < -0.4 is 5.32 Å². The Labute approximate surface area is 97.4 Å². The molecule has 0 aromatic carbocycles. The maximum Gasteiger partial charge on any atom is 0.246 e. The molecule has 1 aliphatic rings. The largest absolute Gasteiger partial charge is 0.342 e. The summed E-state index contributed by atoms with van der Waals surface area (Å²) in [6.45, 7) is 7.90. The van der Waals surface area contributed by atoms with Gasteiger partial charge in [-0.15, -0.1) is 0 Å². The first-order chi connectivity index (χ1) is 7.29. The summed E-state index contributed by atoms with van der Waals surface area (Å²) in [4.78, 5) is 25.6. The molecule has 0 aromatic heterocycles. The van der Waals surface area contributed by atoms with Crippen molar-refractivity contribution >= 4 is 11.8 Å². The van der Waals surface area contributed by atoms with Gasteiger partial charge in [0.15, 0.2) is 0 Å². The molecule has 1 rings (SSSR count). The lowest BCUT2D eigenvalue weighted by Crippen LogP contribution is -2.65. The van der Waals surface area contributed by atoms with Gasteiger partial charge in [0.05, 0.1) is 0 Å². The average Bonchev–Trinajstić information content (AvgIpc) is 2.16. The van der Waals surface area contributed by atoms with Gasteiger partial charge >= 0.3 is 0 Å². The summed E-state index contributed by atoms with van der Waals surface area (Å²) >= 11 is 0. The second kappa shape index (κ2) is 4.44. The second-order valence-corrected chi connectivity index (χ2v) is 5.56. The lowest BCUT2D eigenvalue weighted by Gasteiger charge is -2.41. The Bertz CT molecular complexity index is 294. The molecule has 0 spiro atoms. The van der Waals surface area contributed by atoms with Gasteiger partial charge in [-0.25, -0.2) is 0 Å². The van der Waals surface area contributed by atoms with E-state index in [0.717, 1.165) is 12.8 Å². The second-order valence-electron chi connectivity index (χ2n) is 5.56. The monoisotopic (exact) mass is 226 g/mol. The molecule has 1 aliphatic heterocycles. The van der Waals surface area contributed by atoms with Crippen LogP contribution in [0.2, 0.25) is 0 Å². The van der Waals surface area contributed by atoms with Crippen LogP contribution in [0.5, 0.6) is 0 Å². The summed E-state index contributed by atoms with van der Waals surface area (Å²) in [7, 11) is 1.72. The van der Waals surface area contributed by atoms with E-state index in [9.17, 15) is 9.59 Å². The third kappa shape index (κ3) is 2.36. The van der Waals surface area contributed by atoms with Crippen molar-refractivity contribution in [2.45, 2.75) is 52.6 Å². The smallest absolute Gasteiger partial charge is 0.246 e. The molecule has 1 fully saturated rings. The molecule has 0 bridgehead atoms. The Morgan fingerprint density at radius 1 is 1.31 bits per heavy atom. The molecule has 1 heterocycles. The number of amides is 2. The maximum atomic E-state index is 12.1. The molecule has 2 atom stereocenters. The lowest BCUT2D eigenvalue weighted by atomic mass is 9.84. The van der Waals surface area contributed by atoms with Gasteiger partial charge in [0.25, 0.3) is 0 Å². The first kappa shape index (κ1) is 13.0. The molecule has 1 N–H and O–H groups in total. The molecule has 16 heavy (non-hydrogen) atoms. The van der Waals surface area contributed by atoms with Crippen LogP contribution in [0, 0.1) is 5.41 Å². The predicted octanol–water partition coefficient (Wildman–Crippen LogP) is 1.16. The number of hydrogen-bond acceptors (Lipinski definition) is 2. The highest BCUT2D eigenvalue weighted by Crippen LogP contribution is 2.25. The number of nitrogens with one attached hydrogen (secondary N) is 1. The minimum Gasteiger partial charge on any atom is -0.342 e. The van der Waals surface area contributed by atoms with E-state index >= 15 is 0 Å². The van der Waals surface area contributed by atoms with Crippen molar-refractivity contribution in [1.29, 1.82) is 0 Å². The van der Waals surface area contributed by atoms with Crippen molar-refractivity contribution < 1.29 is 9.59 Å². The van der Waals surface area contributed by atoms with E-state index in [1.165, 1.54) is 0 Å². The minimum absolute atomic E-state index is 0.0190. The predicted molar refractivity (Wildman–Crippen MR) is 62.9 cm³/mol. The van der Waals surface area contributed by atoms with Crippen LogP contribution in [-0.2, 0) is 9.59 Å². The van der Waals surface area contributed by atoms with Crippen LogP contribution in [0.1, 0.15) is 40.5 Å². The molecule has 4 heteroatoms. The third-order valence-electron chi connectivity index (χ3n) is 3.08. The van der Waals surface area contributed by atoms with Gasteiger partial charge in [0.1, 0.15) is 12.1 Å². The Morgan fingerprint density at radius 2 is 1.88 bits per heavy atom. The Balaban J connectivity index is 2.88. The summed E-state index contributed by atoms with van der Waals surface area (Å²) in [5.74, 6) is -0.00516. The van der Waals surface area contributed by atoms with Gasteiger partial charge in [0, 0.05) is 7.05 Å². The average molecular weight is 226 g/mol. The quantitative estimate of drug-likeness (QED) is 0.768. The molecule has 0 aliphatic carbocycles. The lowest BCUT2D eigenvalue weighted by molar-refractivity contribution is -0.151. The third-order valence-corrected chi connectivity index (χ3v) is 3.08. The van der Waals surface area contributed by atoms with E-state index in [0.29, 0.717) is 0 Å². The molecule has 4 nitrogen and oxygen atoms in total. The van der Waals surface area contributed by atoms with Crippen LogP contribution in [0.4, 0.5) is 0 Å². The van der Waals surface area contributed by atoms with Gasteiger partial charge in [-0.05, 0) is 11.8 Å². The van der Waals surface area contributed by atoms with Crippen LogP contribution >= 0.6 is 0 Å². The van der Waals surface area contributed by atoms with Gasteiger partial charge in [0.2, 0.25) is 11.8 Å². The van der Waals surface area contributed by atoms with Crippen LogP contribution in [0.25, 0.3) is 0 Å². The number of piperazine rings is 1. The summed E-state index contributed by atoms with van der Waals surface area (Å²) in [6.07, 6.45) is 1.63. The highest BCUT2D eigenvalue weighted by Gasteiger charge is 2.43. The topological polar surface area (TPSA) is 49.4 Å². The fourth-order valence-electron chi connectivity index (χ4n) is 2.02. The van der Waals surface area contributed by atoms with Crippen molar-refractivity contribution in [1.82, 2.24) is 10.2 Å². The fraction of sp³-hybridized carbons (Fsp3) is 0.833. The summed E-state index contributed by atoms with van der Waals surface area (Å²) in [5, 5.41) is 2.84. The van der Waals surface area contributed by atoms with Crippen LogP contribution in [-0.4, -0.2) is 35.8 Å². The summed E-state index contributed by atoms with van der Waals surface area (Å²) < 4.78 is 0. The van der Waals surface area contributed by atoms with Crippen molar-refractivity contribution in [2.24, 2.45) is 5.41 Å². The first-order valence-electron chi connectivity index (χ1n) is 5.86. The van der Waals surface area contributed by atoms with Gasteiger partial charge in [-0.3, -0.25) is 9.59 Å². The van der Waals surface area contributed by atoms with Crippen molar-refractivity contribution in [3.05, 3.63) is 0 Å². The van der Waals surface area contributed by atoms with Crippen molar-refractivity contribution in [3.63, 3.8) is 0 Å². The molecule has 0 aromatic rings. The zero-order chi connectivity index (χ0) is 12.5. The molecule has 0 saturated carbocycles. The molecular weight excluding hydrogens is 204 g/mol. The Kier molecular flexibility index (Phi) is 3.61. The number of rotatable bonds is 2. The molecular formula is C12H22N2O2. The van der Waals surface area contributed by atoms with Gasteiger partial charge < -0.3 is 10.2 Å². The number of carbonyl (C=O) groups is 2. The number of carbonyl (C=O) groups excluding carboxylic acids is 2. The normalized spacial score (nSPS) is 26.9. The van der Waals surface area contributed by atoms with E-state index in [2.05, 4.69) is 5.32 Å². The molecule has 2 amide bonds. The Hall–Kier alpha value is -1.06. The molecule has 92 valence electrons. The zero-order valence-electron chi connectivity index (χ0n) is 10.8. The number of likely N-dealkylation sites (N-methyl/N-ethyl adjacent to an activating group) is 1. The van der Waals surface area contributed by atoms with E-state index in [4.69, 9.17) is 0 Å². The van der Waals surface area contributed by atoms with Gasteiger partial charge in [-0.2, -0.15) is 0 Å². The zero-order valence-corrected chi connectivity index (χ0v) is 10.8. The van der Waals surface area contributed by atoms with Gasteiger partial charge in [-0.1, -0.05) is 34.1 Å². The summed E-state index contributed by atoms with van der Waals surface area (Å²) in [6, 6.07) is -0.700. The molecule has 2 unspecified atom stereocenters. The van der Waals surface area contributed by atoms with Crippen LogP contribution in [0.3, 0.4) is 0 Å². The Morgan fingerprint density at radius 3 is 2.31 bits per heavy atom.